The molecule has 1 saturated heterocycles. The molecule has 7 heteroatoms. The molecule has 2 atom stereocenters. The van der Waals surface area contributed by atoms with Crippen LogP contribution in [-0.2, 0) is 0 Å². The van der Waals surface area contributed by atoms with Crippen LogP contribution < -0.4 is 15.8 Å². The lowest BCUT2D eigenvalue weighted by molar-refractivity contribution is 0.205. The molecule has 1 aromatic rings. The summed E-state index contributed by atoms with van der Waals surface area (Å²) in [5, 5.41) is 3.21. The highest BCUT2D eigenvalue weighted by Gasteiger charge is 2.22. The first-order valence-corrected chi connectivity index (χ1v) is 8.82. The third kappa shape index (κ3) is 7.35. The van der Waals surface area contributed by atoms with Crippen LogP contribution in [0.15, 0.2) is 29.3 Å². The number of rotatable bonds is 8. The Bertz CT molecular complexity index is 544. The number of benzene rings is 1. The quantitative estimate of drug-likeness (QED) is 0.353. The van der Waals surface area contributed by atoms with Crippen LogP contribution in [-0.4, -0.2) is 49.2 Å². The number of nitrogens with zero attached hydrogens (tertiary/aromatic N) is 2. The first-order valence-electron chi connectivity index (χ1n) is 8.82. The van der Waals surface area contributed by atoms with E-state index in [0.717, 1.165) is 19.5 Å². The molecular formula is C18H30FIN4O. The number of guanidine groups is 1. The van der Waals surface area contributed by atoms with E-state index < -0.39 is 0 Å². The van der Waals surface area contributed by atoms with E-state index in [9.17, 15) is 4.39 Å². The Morgan fingerprint density at radius 1 is 1.48 bits per heavy atom. The molecule has 2 unspecified atom stereocenters. The predicted molar refractivity (Wildman–Crippen MR) is 111 cm³/mol. The van der Waals surface area contributed by atoms with Crippen molar-refractivity contribution in [3.05, 3.63) is 30.1 Å². The molecule has 1 aliphatic heterocycles. The van der Waals surface area contributed by atoms with Gasteiger partial charge in [-0.15, -0.1) is 24.0 Å². The van der Waals surface area contributed by atoms with Gasteiger partial charge in [0.05, 0.1) is 6.54 Å². The summed E-state index contributed by atoms with van der Waals surface area (Å²) in [5.74, 6) is 0.663. The number of halogens is 2. The molecule has 0 spiro atoms. The fraction of sp³-hybridized carbons (Fsp3) is 0.611. The molecule has 0 bridgehead atoms. The summed E-state index contributed by atoms with van der Waals surface area (Å²) in [6.07, 6.45) is 3.11. The van der Waals surface area contributed by atoms with Crippen LogP contribution in [0.4, 0.5) is 4.39 Å². The molecule has 1 aliphatic rings. The molecule has 0 aliphatic carbocycles. The minimum absolute atomic E-state index is 0. The van der Waals surface area contributed by atoms with Gasteiger partial charge in [0.15, 0.2) is 5.96 Å². The van der Waals surface area contributed by atoms with Crippen molar-refractivity contribution in [2.75, 3.05) is 26.2 Å². The average Bonchev–Trinajstić information content (AvgIpc) is 3.04. The molecular weight excluding hydrogens is 434 g/mol. The third-order valence-electron chi connectivity index (χ3n) is 4.44. The van der Waals surface area contributed by atoms with Crippen LogP contribution in [0, 0.1) is 5.82 Å². The third-order valence-corrected chi connectivity index (χ3v) is 4.44. The minimum atomic E-state index is -0.302. The van der Waals surface area contributed by atoms with Gasteiger partial charge >= 0.3 is 0 Å². The topological polar surface area (TPSA) is 62.9 Å². The van der Waals surface area contributed by atoms with Crippen LogP contribution in [0.2, 0.25) is 0 Å². The first kappa shape index (κ1) is 22.0. The summed E-state index contributed by atoms with van der Waals surface area (Å²) in [5.41, 5.74) is 5.96. The van der Waals surface area contributed by atoms with E-state index in [2.05, 4.69) is 22.1 Å². The second-order valence-electron chi connectivity index (χ2n) is 6.14. The van der Waals surface area contributed by atoms with E-state index in [1.807, 2.05) is 6.92 Å². The SMILES string of the molecule is CCC(CN=C(N)NCC1CCCN1CC)Oc1cccc(F)c1.I. The summed E-state index contributed by atoms with van der Waals surface area (Å²) >= 11 is 0. The first-order chi connectivity index (χ1) is 11.6. The van der Waals surface area contributed by atoms with Crippen LogP contribution in [0.25, 0.3) is 0 Å². The summed E-state index contributed by atoms with van der Waals surface area (Å²) < 4.78 is 19.0. The standard InChI is InChI=1S/C18H29FN4O.HI/c1-3-16(24-17-9-5-7-14(19)11-17)13-22-18(20)21-12-15-8-6-10-23(15)4-2;/h5,7,9,11,15-16H,3-4,6,8,10,12-13H2,1-2H3,(H3,20,21,22);1H. The molecule has 0 amide bonds. The molecule has 5 nitrogen and oxygen atoms in total. The van der Waals surface area contributed by atoms with Gasteiger partial charge in [-0.1, -0.05) is 19.9 Å². The van der Waals surface area contributed by atoms with Crippen molar-refractivity contribution < 1.29 is 9.13 Å². The minimum Gasteiger partial charge on any atom is -0.488 e. The fourth-order valence-electron chi connectivity index (χ4n) is 3.00. The number of nitrogens with two attached hydrogens (primary N) is 1. The number of likely N-dealkylation sites (tertiary alicyclic amines) is 1. The van der Waals surface area contributed by atoms with Crippen molar-refractivity contribution in [1.82, 2.24) is 10.2 Å². The highest BCUT2D eigenvalue weighted by atomic mass is 127. The van der Waals surface area contributed by atoms with Crippen molar-refractivity contribution in [2.45, 2.75) is 45.3 Å². The molecule has 2 rings (SSSR count). The lowest BCUT2D eigenvalue weighted by Gasteiger charge is -2.23. The zero-order valence-electron chi connectivity index (χ0n) is 15.1. The van der Waals surface area contributed by atoms with Gasteiger partial charge in [-0.2, -0.15) is 0 Å². The van der Waals surface area contributed by atoms with Gasteiger partial charge in [0.2, 0.25) is 0 Å². The number of hydrogen-bond acceptors (Lipinski definition) is 3. The number of likely N-dealkylation sites (N-methyl/N-ethyl adjacent to an activating group) is 1. The maximum absolute atomic E-state index is 13.2. The van der Waals surface area contributed by atoms with Crippen molar-refractivity contribution in [1.29, 1.82) is 0 Å². The van der Waals surface area contributed by atoms with E-state index in [1.54, 1.807) is 12.1 Å². The zero-order chi connectivity index (χ0) is 17.4. The number of nitrogens with one attached hydrogen (secondary N) is 1. The number of hydrogen-bond donors (Lipinski definition) is 2. The highest BCUT2D eigenvalue weighted by Crippen LogP contribution is 2.16. The second kappa shape index (κ2) is 11.5. The van der Waals surface area contributed by atoms with Crippen LogP contribution >= 0.6 is 24.0 Å². The largest absolute Gasteiger partial charge is 0.488 e. The summed E-state index contributed by atoms with van der Waals surface area (Å²) in [6, 6.07) is 6.70. The Morgan fingerprint density at radius 2 is 2.28 bits per heavy atom. The molecule has 0 aromatic heterocycles. The van der Waals surface area contributed by atoms with Gasteiger partial charge in [0.1, 0.15) is 17.7 Å². The van der Waals surface area contributed by atoms with E-state index in [-0.39, 0.29) is 35.9 Å². The fourth-order valence-corrected chi connectivity index (χ4v) is 3.00. The molecule has 1 aromatic carbocycles. The monoisotopic (exact) mass is 464 g/mol. The zero-order valence-corrected chi connectivity index (χ0v) is 17.4. The highest BCUT2D eigenvalue weighted by molar-refractivity contribution is 14.0. The Labute approximate surface area is 167 Å². The van der Waals surface area contributed by atoms with Crippen LogP contribution in [0.1, 0.15) is 33.1 Å². The average molecular weight is 464 g/mol. The number of ether oxygens (including phenoxy) is 1. The molecule has 0 radical (unpaired) electrons. The van der Waals surface area contributed by atoms with Gasteiger partial charge in [0.25, 0.3) is 0 Å². The Kier molecular flexibility index (Phi) is 10.1. The van der Waals surface area contributed by atoms with Crippen molar-refractivity contribution >= 4 is 29.9 Å². The molecule has 1 heterocycles. The molecule has 0 saturated carbocycles. The summed E-state index contributed by atoms with van der Waals surface area (Å²) in [4.78, 5) is 6.83. The molecule has 3 N–H and O–H groups in total. The van der Waals surface area contributed by atoms with Crippen molar-refractivity contribution in [3.8, 4) is 5.75 Å². The maximum atomic E-state index is 13.2. The predicted octanol–water partition coefficient (Wildman–Crippen LogP) is 2.99. The normalized spacial score (nSPS) is 19.3. The van der Waals surface area contributed by atoms with Gasteiger partial charge in [-0.25, -0.2) is 9.38 Å². The van der Waals surface area contributed by atoms with Gasteiger partial charge in [-0.3, -0.25) is 4.90 Å². The van der Waals surface area contributed by atoms with Crippen LogP contribution in [0.5, 0.6) is 5.75 Å². The number of aliphatic imine (C=N–C) groups is 1. The lowest BCUT2D eigenvalue weighted by atomic mass is 10.2. The Balaban J connectivity index is 0.00000312. The van der Waals surface area contributed by atoms with Gasteiger partial charge < -0.3 is 15.8 Å². The molecule has 1 fully saturated rings. The Morgan fingerprint density at radius 3 is 2.96 bits per heavy atom. The van der Waals surface area contributed by atoms with Crippen molar-refractivity contribution in [2.24, 2.45) is 10.7 Å². The lowest BCUT2D eigenvalue weighted by Crippen LogP contribution is -2.43. The van der Waals surface area contributed by atoms with Gasteiger partial charge in [-0.05, 0) is 44.5 Å². The van der Waals surface area contributed by atoms with Crippen molar-refractivity contribution in [3.63, 3.8) is 0 Å². The van der Waals surface area contributed by atoms with E-state index in [0.29, 0.717) is 24.3 Å². The smallest absolute Gasteiger partial charge is 0.188 e. The van der Waals surface area contributed by atoms with E-state index in [1.165, 1.54) is 31.5 Å². The maximum Gasteiger partial charge on any atom is 0.188 e. The van der Waals surface area contributed by atoms with Gasteiger partial charge in [0, 0.05) is 18.7 Å². The Hall–Kier alpha value is -1.09. The summed E-state index contributed by atoms with van der Waals surface area (Å²) in [7, 11) is 0. The van der Waals surface area contributed by atoms with E-state index >= 15 is 0 Å². The van der Waals surface area contributed by atoms with Crippen LogP contribution in [0.3, 0.4) is 0 Å². The molecule has 25 heavy (non-hydrogen) atoms. The summed E-state index contributed by atoms with van der Waals surface area (Å²) in [6.45, 7) is 7.72. The molecule has 142 valence electrons. The second-order valence-corrected chi connectivity index (χ2v) is 6.14. The van der Waals surface area contributed by atoms with E-state index in [4.69, 9.17) is 10.5 Å².